The molecular weight excluding hydrogens is 255 g/mol. The highest BCUT2D eigenvalue weighted by Crippen LogP contribution is 2.13. The average molecular weight is 268 g/mol. The van der Waals surface area contributed by atoms with Crippen LogP contribution in [-0.2, 0) is 6.42 Å². The van der Waals surface area contributed by atoms with Gasteiger partial charge in [0.2, 0.25) is 0 Å². The minimum Gasteiger partial charge on any atom is -0.110 e. The highest BCUT2D eigenvalue weighted by atomic mass is 35.5. The Morgan fingerprint density at radius 1 is 1.29 bits per heavy atom. The molecule has 0 atom stereocenters. The second-order valence-corrected chi connectivity index (χ2v) is 8.12. The smallest absolute Gasteiger partial charge is 0.0908 e. The molecule has 0 nitrogen and oxygen atoms in total. The molecule has 0 aliphatic rings. The normalized spacial score (nSPS) is 11.7. The maximum absolute atomic E-state index is 5.87. The van der Waals surface area contributed by atoms with Crippen molar-refractivity contribution in [2.24, 2.45) is 0 Å². The minimum atomic E-state index is -0.282. The van der Waals surface area contributed by atoms with Gasteiger partial charge in [-0.1, -0.05) is 36.2 Å². The van der Waals surface area contributed by atoms with Gasteiger partial charge >= 0.3 is 0 Å². The lowest BCUT2D eigenvalue weighted by Gasteiger charge is -2.02. The fourth-order valence-electron chi connectivity index (χ4n) is 1.32. The molecule has 0 aliphatic heterocycles. The lowest BCUT2D eigenvalue weighted by atomic mass is 10.1. The molecule has 0 saturated heterocycles. The van der Waals surface area contributed by atoms with Crippen LogP contribution in [0.1, 0.15) is 12.0 Å². The monoisotopic (exact) mass is 266 g/mol. The van der Waals surface area contributed by atoms with E-state index < -0.39 is 0 Å². The van der Waals surface area contributed by atoms with Gasteiger partial charge in [-0.15, -0.1) is 23.2 Å². The SMILES string of the molecule is Clc1cccc(CCC[SiH2]C(Cl)Cl)c1. The Kier molecular flexibility index (Phi) is 5.95. The molecule has 1 aromatic rings. The quantitative estimate of drug-likeness (QED) is 0.434. The number of alkyl halides is 2. The summed E-state index contributed by atoms with van der Waals surface area (Å²) >= 11 is 17.3. The maximum atomic E-state index is 5.87. The van der Waals surface area contributed by atoms with Crippen LogP contribution in [0.4, 0.5) is 0 Å². The first-order valence-electron chi connectivity index (χ1n) is 4.71. The van der Waals surface area contributed by atoms with E-state index in [2.05, 4.69) is 6.07 Å². The average Bonchev–Trinajstić information content (AvgIpc) is 2.12. The summed E-state index contributed by atoms with van der Waals surface area (Å²) in [4.78, 5) is 0. The number of aryl methyl sites for hydroxylation is 1. The van der Waals surface area contributed by atoms with Crippen LogP contribution >= 0.6 is 34.8 Å². The molecule has 0 aliphatic carbocycles. The van der Waals surface area contributed by atoms with Crippen LogP contribution in [0, 0.1) is 0 Å². The van der Waals surface area contributed by atoms with Gasteiger partial charge in [-0.3, -0.25) is 0 Å². The van der Waals surface area contributed by atoms with Crippen LogP contribution in [0.5, 0.6) is 0 Å². The first-order chi connectivity index (χ1) is 6.68. The molecule has 0 aromatic heterocycles. The zero-order valence-electron chi connectivity index (χ0n) is 7.85. The van der Waals surface area contributed by atoms with Crippen LogP contribution < -0.4 is 0 Å². The van der Waals surface area contributed by atoms with E-state index in [4.69, 9.17) is 34.8 Å². The summed E-state index contributed by atoms with van der Waals surface area (Å²) in [6.45, 7) is 0. The van der Waals surface area contributed by atoms with Crippen LogP contribution in [-0.4, -0.2) is 14.0 Å². The van der Waals surface area contributed by atoms with Crippen LogP contribution in [0.2, 0.25) is 11.1 Å². The summed E-state index contributed by atoms with van der Waals surface area (Å²) in [7, 11) is -0.282. The molecule has 1 aromatic carbocycles. The molecule has 0 bridgehead atoms. The Labute approximate surface area is 102 Å². The molecule has 78 valence electrons. The molecule has 1 rings (SSSR count). The summed E-state index contributed by atoms with van der Waals surface area (Å²) in [5.41, 5.74) is 1.30. The summed E-state index contributed by atoms with van der Waals surface area (Å²) < 4.78 is -0.0886. The predicted molar refractivity (Wildman–Crippen MR) is 68.6 cm³/mol. The van der Waals surface area contributed by atoms with Crippen LogP contribution in [0.15, 0.2) is 24.3 Å². The van der Waals surface area contributed by atoms with Gasteiger partial charge in [-0.05, 0) is 24.1 Å². The number of halogens is 3. The van der Waals surface area contributed by atoms with Crippen LogP contribution in [0.25, 0.3) is 0 Å². The van der Waals surface area contributed by atoms with Gasteiger partial charge in [-0.2, -0.15) is 0 Å². The van der Waals surface area contributed by atoms with E-state index in [0.29, 0.717) is 0 Å². The van der Waals surface area contributed by atoms with Gasteiger partial charge in [-0.25, -0.2) is 0 Å². The van der Waals surface area contributed by atoms with Crippen molar-refractivity contribution in [2.75, 3.05) is 0 Å². The molecule has 0 fully saturated rings. The van der Waals surface area contributed by atoms with E-state index in [1.807, 2.05) is 18.2 Å². The first-order valence-corrected chi connectivity index (χ1v) is 7.78. The lowest BCUT2D eigenvalue weighted by Crippen LogP contribution is -2.01. The van der Waals surface area contributed by atoms with Crippen molar-refractivity contribution in [3.8, 4) is 0 Å². The second-order valence-electron chi connectivity index (χ2n) is 3.27. The molecule has 0 heterocycles. The third kappa shape index (κ3) is 5.25. The summed E-state index contributed by atoms with van der Waals surface area (Å²) in [6.07, 6.45) is 2.25. The van der Waals surface area contributed by atoms with Gasteiger partial charge in [0, 0.05) is 5.02 Å². The first kappa shape index (κ1) is 12.4. The number of benzene rings is 1. The van der Waals surface area contributed by atoms with Crippen LogP contribution in [0.3, 0.4) is 0 Å². The van der Waals surface area contributed by atoms with Crippen molar-refractivity contribution < 1.29 is 0 Å². The molecule has 0 N–H and O–H groups in total. The largest absolute Gasteiger partial charge is 0.110 e. The fourth-order valence-corrected chi connectivity index (χ4v) is 3.31. The predicted octanol–water partition coefficient (Wildman–Crippen LogP) is 3.62. The molecule has 0 radical (unpaired) electrons. The van der Waals surface area contributed by atoms with E-state index >= 15 is 0 Å². The third-order valence-corrected chi connectivity index (χ3v) is 4.92. The zero-order valence-corrected chi connectivity index (χ0v) is 11.5. The molecular formula is C10H13Cl3Si. The topological polar surface area (TPSA) is 0 Å². The molecule has 0 amide bonds. The van der Waals surface area contributed by atoms with Gasteiger partial charge in [0.25, 0.3) is 0 Å². The Hall–Kier alpha value is 0.307. The number of rotatable bonds is 5. The maximum Gasteiger partial charge on any atom is 0.0908 e. The van der Waals surface area contributed by atoms with E-state index in [0.717, 1.165) is 11.4 Å². The number of hydrogen-bond donors (Lipinski definition) is 0. The standard InChI is InChI=1S/C10H13Cl3Si/c11-9-5-1-3-8(7-9)4-2-6-14-10(12)13/h1,3,5,7,10H,2,4,6,14H2. The summed E-state index contributed by atoms with van der Waals surface area (Å²) in [5.74, 6) is 0. The molecule has 4 heteroatoms. The third-order valence-electron chi connectivity index (χ3n) is 2.03. The van der Waals surface area contributed by atoms with Gasteiger partial charge in [0.15, 0.2) is 0 Å². The van der Waals surface area contributed by atoms with E-state index in [1.165, 1.54) is 18.0 Å². The van der Waals surface area contributed by atoms with Crippen molar-refractivity contribution in [3.05, 3.63) is 34.9 Å². The summed E-state index contributed by atoms with van der Waals surface area (Å²) in [5, 5.41) is 0.812. The van der Waals surface area contributed by atoms with E-state index in [9.17, 15) is 0 Å². The molecule has 0 spiro atoms. The van der Waals surface area contributed by atoms with E-state index in [-0.39, 0.29) is 14.0 Å². The van der Waals surface area contributed by atoms with Crippen molar-refractivity contribution in [2.45, 2.75) is 23.3 Å². The Morgan fingerprint density at radius 3 is 2.71 bits per heavy atom. The van der Waals surface area contributed by atoms with Gasteiger partial charge in [0.05, 0.1) is 14.0 Å². The Morgan fingerprint density at radius 2 is 2.07 bits per heavy atom. The second kappa shape index (κ2) is 6.73. The van der Waals surface area contributed by atoms with Crippen molar-refractivity contribution in [1.82, 2.24) is 0 Å². The highest BCUT2D eigenvalue weighted by molar-refractivity contribution is 6.68. The summed E-state index contributed by atoms with van der Waals surface area (Å²) in [6, 6.07) is 9.20. The van der Waals surface area contributed by atoms with Gasteiger partial charge < -0.3 is 0 Å². The lowest BCUT2D eigenvalue weighted by molar-refractivity contribution is 0.914. The Bertz CT molecular complexity index is 276. The molecule has 0 saturated carbocycles. The highest BCUT2D eigenvalue weighted by Gasteiger charge is 2.00. The van der Waals surface area contributed by atoms with Crippen molar-refractivity contribution >= 4 is 44.3 Å². The molecule has 14 heavy (non-hydrogen) atoms. The fraction of sp³-hybridized carbons (Fsp3) is 0.400. The van der Waals surface area contributed by atoms with Crippen molar-refractivity contribution in [1.29, 1.82) is 0 Å². The van der Waals surface area contributed by atoms with Gasteiger partial charge in [0.1, 0.15) is 0 Å². The zero-order chi connectivity index (χ0) is 10.4. The van der Waals surface area contributed by atoms with E-state index in [1.54, 1.807) is 0 Å². The minimum absolute atomic E-state index is 0.0886. The van der Waals surface area contributed by atoms with Crippen molar-refractivity contribution in [3.63, 3.8) is 0 Å². The Balaban J connectivity index is 2.25. The number of hydrogen-bond acceptors (Lipinski definition) is 0. The molecule has 0 unspecified atom stereocenters.